The number of nitrogens with one attached hydrogen (secondary N) is 3. The van der Waals surface area contributed by atoms with Gasteiger partial charge < -0.3 is 20.9 Å². The highest BCUT2D eigenvalue weighted by Crippen LogP contribution is 2.27. The number of likely N-dealkylation sites (N-methyl/N-ethyl adjacent to an activating group) is 1. The number of guanidine groups is 1. The van der Waals surface area contributed by atoms with E-state index in [0.29, 0.717) is 18.7 Å². The highest BCUT2D eigenvalue weighted by atomic mass is 127. The van der Waals surface area contributed by atoms with Crippen molar-refractivity contribution in [3.63, 3.8) is 0 Å². The minimum atomic E-state index is -0.0357. The molecule has 0 radical (unpaired) electrons. The maximum Gasteiger partial charge on any atom is 0.251 e. The van der Waals surface area contributed by atoms with E-state index in [-0.39, 0.29) is 29.9 Å². The van der Waals surface area contributed by atoms with E-state index in [2.05, 4.69) is 27.9 Å². The molecule has 6 nitrogen and oxygen atoms in total. The van der Waals surface area contributed by atoms with E-state index in [0.717, 1.165) is 37.1 Å². The molecule has 0 saturated heterocycles. The average Bonchev–Trinajstić information content (AvgIpc) is 3.41. The van der Waals surface area contributed by atoms with Crippen molar-refractivity contribution in [1.82, 2.24) is 20.9 Å². The molecule has 0 bridgehead atoms. The Hall–Kier alpha value is -1.35. The maximum absolute atomic E-state index is 12.2. The Morgan fingerprint density at radius 1 is 1.23 bits per heavy atom. The van der Waals surface area contributed by atoms with Crippen molar-refractivity contribution in [2.75, 3.05) is 40.3 Å². The lowest BCUT2D eigenvalue weighted by Crippen LogP contribution is -2.38. The zero-order valence-electron chi connectivity index (χ0n) is 16.0. The molecule has 0 unspecified atom stereocenters. The Bertz CT molecular complexity index is 587. The summed E-state index contributed by atoms with van der Waals surface area (Å²) in [5.74, 6) is 1.61. The summed E-state index contributed by atoms with van der Waals surface area (Å²) in [7, 11) is 3.98. The standard InChI is InChI=1S/C19H31N5O.HI/c1-4-20-19(22-13-15-8-9-15)23-14-16-6-5-7-17(12-16)18(25)21-10-11-24(2)3;/h5-7,12,15H,4,8-11,13-14H2,1-3H3,(H,21,25)(H2,20,22,23);1H. The van der Waals surface area contributed by atoms with E-state index < -0.39 is 0 Å². The van der Waals surface area contributed by atoms with Gasteiger partial charge in [0.25, 0.3) is 5.91 Å². The van der Waals surface area contributed by atoms with Gasteiger partial charge in [0, 0.05) is 31.7 Å². The van der Waals surface area contributed by atoms with Crippen molar-refractivity contribution >= 4 is 35.8 Å². The Labute approximate surface area is 174 Å². The highest BCUT2D eigenvalue weighted by Gasteiger charge is 2.21. The topological polar surface area (TPSA) is 68.8 Å². The van der Waals surface area contributed by atoms with Gasteiger partial charge in [0.1, 0.15) is 0 Å². The summed E-state index contributed by atoms with van der Waals surface area (Å²) in [6.07, 6.45) is 2.63. The second kappa shape index (κ2) is 12.1. The highest BCUT2D eigenvalue weighted by molar-refractivity contribution is 14.0. The molecule has 1 aliphatic rings. The van der Waals surface area contributed by atoms with Crippen LogP contribution in [0.2, 0.25) is 0 Å². The lowest BCUT2D eigenvalue weighted by atomic mass is 10.1. The van der Waals surface area contributed by atoms with Crippen LogP contribution >= 0.6 is 24.0 Å². The van der Waals surface area contributed by atoms with Gasteiger partial charge in [-0.15, -0.1) is 24.0 Å². The summed E-state index contributed by atoms with van der Waals surface area (Å²) in [5, 5.41) is 9.59. The van der Waals surface area contributed by atoms with Crippen LogP contribution in [-0.2, 0) is 6.54 Å². The number of hydrogen-bond acceptors (Lipinski definition) is 3. The number of carbonyl (C=O) groups excluding carboxylic acids is 1. The van der Waals surface area contributed by atoms with E-state index >= 15 is 0 Å². The third-order valence-corrected chi connectivity index (χ3v) is 4.05. The first-order valence-electron chi connectivity index (χ1n) is 9.12. The molecule has 0 aromatic heterocycles. The number of benzene rings is 1. The van der Waals surface area contributed by atoms with E-state index in [4.69, 9.17) is 0 Å². The first-order valence-corrected chi connectivity index (χ1v) is 9.12. The van der Waals surface area contributed by atoms with Crippen molar-refractivity contribution in [3.05, 3.63) is 35.4 Å². The predicted molar refractivity (Wildman–Crippen MR) is 118 cm³/mol. The summed E-state index contributed by atoms with van der Waals surface area (Å²) in [4.78, 5) is 18.9. The van der Waals surface area contributed by atoms with Crippen LogP contribution < -0.4 is 16.0 Å². The number of amides is 1. The minimum Gasteiger partial charge on any atom is -0.357 e. The number of nitrogens with zero attached hydrogens (tertiary/aromatic N) is 2. The second-order valence-corrected chi connectivity index (χ2v) is 6.78. The smallest absolute Gasteiger partial charge is 0.251 e. The van der Waals surface area contributed by atoms with E-state index in [1.165, 1.54) is 12.8 Å². The van der Waals surface area contributed by atoms with Crippen LogP contribution in [0.1, 0.15) is 35.7 Å². The molecule has 1 aromatic carbocycles. The van der Waals surface area contributed by atoms with Crippen LogP contribution in [0.3, 0.4) is 0 Å². The number of aliphatic imine (C=N–C) groups is 1. The molecule has 1 amide bonds. The molecule has 0 heterocycles. The fraction of sp³-hybridized carbons (Fsp3) is 0.579. The van der Waals surface area contributed by atoms with Crippen molar-refractivity contribution in [2.45, 2.75) is 26.3 Å². The SMILES string of the molecule is CCNC(=NCc1cccc(C(=O)NCCN(C)C)c1)NCC1CC1.I. The zero-order valence-corrected chi connectivity index (χ0v) is 18.4. The van der Waals surface area contributed by atoms with Crippen LogP contribution in [-0.4, -0.2) is 57.0 Å². The van der Waals surface area contributed by atoms with Crippen LogP contribution in [0.5, 0.6) is 0 Å². The van der Waals surface area contributed by atoms with Gasteiger partial charge >= 0.3 is 0 Å². The second-order valence-electron chi connectivity index (χ2n) is 6.78. The molecule has 26 heavy (non-hydrogen) atoms. The van der Waals surface area contributed by atoms with Crippen molar-refractivity contribution < 1.29 is 4.79 Å². The van der Waals surface area contributed by atoms with Gasteiger partial charge in [-0.2, -0.15) is 0 Å². The monoisotopic (exact) mass is 473 g/mol. The van der Waals surface area contributed by atoms with Gasteiger partial charge in [-0.1, -0.05) is 12.1 Å². The summed E-state index contributed by atoms with van der Waals surface area (Å²) in [5.41, 5.74) is 1.71. The largest absolute Gasteiger partial charge is 0.357 e. The van der Waals surface area contributed by atoms with Crippen LogP contribution in [0.4, 0.5) is 0 Å². The van der Waals surface area contributed by atoms with Gasteiger partial charge in [-0.05, 0) is 57.5 Å². The Balaban J connectivity index is 0.00000338. The summed E-state index contributed by atoms with van der Waals surface area (Å²) >= 11 is 0. The van der Waals surface area contributed by atoms with Crippen LogP contribution in [0, 0.1) is 5.92 Å². The maximum atomic E-state index is 12.2. The molecule has 1 aromatic rings. The molecule has 7 heteroatoms. The zero-order chi connectivity index (χ0) is 18.1. The first kappa shape index (κ1) is 22.7. The number of halogens is 1. The fourth-order valence-electron chi connectivity index (χ4n) is 2.38. The van der Waals surface area contributed by atoms with Gasteiger partial charge in [-0.3, -0.25) is 4.79 Å². The Morgan fingerprint density at radius 3 is 2.65 bits per heavy atom. The molecule has 1 aliphatic carbocycles. The lowest BCUT2D eigenvalue weighted by Gasteiger charge is -2.12. The average molecular weight is 473 g/mol. The number of carbonyl (C=O) groups is 1. The molecule has 2 rings (SSSR count). The predicted octanol–water partition coefficient (Wildman–Crippen LogP) is 2.06. The summed E-state index contributed by atoms with van der Waals surface area (Å²) in [6, 6.07) is 7.68. The Morgan fingerprint density at radius 2 is 2.00 bits per heavy atom. The molecule has 1 fully saturated rings. The molecule has 0 aliphatic heterocycles. The van der Waals surface area contributed by atoms with Gasteiger partial charge in [-0.25, -0.2) is 4.99 Å². The first-order chi connectivity index (χ1) is 12.1. The molecular weight excluding hydrogens is 441 g/mol. The van der Waals surface area contributed by atoms with Crippen LogP contribution in [0.15, 0.2) is 29.3 Å². The van der Waals surface area contributed by atoms with E-state index in [9.17, 15) is 4.79 Å². The van der Waals surface area contributed by atoms with Gasteiger partial charge in [0.2, 0.25) is 0 Å². The Kier molecular flexibility index (Phi) is 10.6. The van der Waals surface area contributed by atoms with Gasteiger partial charge in [0.05, 0.1) is 6.54 Å². The minimum absolute atomic E-state index is 0. The third-order valence-electron chi connectivity index (χ3n) is 4.05. The van der Waals surface area contributed by atoms with Crippen LogP contribution in [0.25, 0.3) is 0 Å². The molecule has 3 N–H and O–H groups in total. The molecule has 0 atom stereocenters. The normalized spacial score (nSPS) is 13.9. The lowest BCUT2D eigenvalue weighted by molar-refractivity contribution is 0.0951. The number of rotatable bonds is 9. The quantitative estimate of drug-likeness (QED) is 0.292. The number of hydrogen-bond donors (Lipinski definition) is 3. The summed E-state index contributed by atoms with van der Waals surface area (Å²) < 4.78 is 0. The van der Waals surface area contributed by atoms with Gasteiger partial charge in [0.15, 0.2) is 5.96 Å². The molecular formula is C19H32IN5O. The molecule has 1 saturated carbocycles. The third kappa shape index (κ3) is 8.84. The van der Waals surface area contributed by atoms with E-state index in [1.807, 2.05) is 43.3 Å². The van der Waals surface area contributed by atoms with Crippen molar-refractivity contribution in [1.29, 1.82) is 0 Å². The van der Waals surface area contributed by atoms with Crippen molar-refractivity contribution in [3.8, 4) is 0 Å². The molecule has 0 spiro atoms. The van der Waals surface area contributed by atoms with E-state index in [1.54, 1.807) is 0 Å². The molecule has 146 valence electrons. The summed E-state index contributed by atoms with van der Waals surface area (Å²) in [6.45, 7) is 5.91. The van der Waals surface area contributed by atoms with Crippen molar-refractivity contribution in [2.24, 2.45) is 10.9 Å². The fourth-order valence-corrected chi connectivity index (χ4v) is 2.38.